The van der Waals surface area contributed by atoms with E-state index < -0.39 is 29.4 Å². The van der Waals surface area contributed by atoms with Crippen molar-refractivity contribution in [1.29, 1.82) is 0 Å². The summed E-state index contributed by atoms with van der Waals surface area (Å²) < 4.78 is 54.3. The maximum Gasteiger partial charge on any atom is 0.323 e. The van der Waals surface area contributed by atoms with Crippen LogP contribution in [0, 0.1) is 24.4 Å². The van der Waals surface area contributed by atoms with E-state index in [1.54, 1.807) is 47.9 Å². The molecule has 0 radical (unpaired) electrons. The number of ether oxygens (including phenoxy) is 2. The highest BCUT2D eigenvalue weighted by molar-refractivity contribution is 5.95. The molecule has 4 rings (SSSR count). The minimum absolute atomic E-state index is 0.0450. The van der Waals surface area contributed by atoms with Gasteiger partial charge in [-0.05, 0) is 85.0 Å². The number of aryl methyl sites for hydroxylation is 1. The summed E-state index contributed by atoms with van der Waals surface area (Å²) in [5.74, 6) is -4.10. The molecule has 0 saturated heterocycles. The number of fused-ring (bicyclic) bond motifs is 1. The summed E-state index contributed by atoms with van der Waals surface area (Å²) >= 11 is 0. The molecule has 0 aliphatic rings. The van der Waals surface area contributed by atoms with E-state index in [1.807, 2.05) is 18.2 Å². The average molecular weight is 594 g/mol. The summed E-state index contributed by atoms with van der Waals surface area (Å²) in [5.41, 5.74) is 3.08. The zero-order valence-corrected chi connectivity index (χ0v) is 23.4. The molecule has 4 aromatic rings. The summed E-state index contributed by atoms with van der Waals surface area (Å²) in [5, 5.41) is 18.8. The van der Waals surface area contributed by atoms with Gasteiger partial charge in [0.25, 0.3) is 0 Å². The van der Waals surface area contributed by atoms with Crippen molar-refractivity contribution >= 4 is 35.0 Å². The lowest BCUT2D eigenvalue weighted by Crippen LogP contribution is -2.10. The lowest BCUT2D eigenvalue weighted by atomic mass is 10.0. The Morgan fingerprint density at radius 2 is 1.58 bits per heavy atom. The maximum atomic E-state index is 15.1. The summed E-state index contributed by atoms with van der Waals surface area (Å²) in [6, 6.07) is 13.8. The van der Waals surface area contributed by atoms with Gasteiger partial charge in [-0.1, -0.05) is 30.4 Å². The molecule has 224 valence electrons. The number of nitrogens with zero attached hydrogens (tertiary/aromatic N) is 1. The first-order chi connectivity index (χ1) is 20.7. The number of hydrogen-bond acceptors (Lipinski definition) is 4. The van der Waals surface area contributed by atoms with Crippen LogP contribution in [0.15, 0.2) is 66.7 Å². The minimum Gasteiger partial charge on any atom is -0.490 e. The van der Waals surface area contributed by atoms with Crippen molar-refractivity contribution in [2.24, 2.45) is 0 Å². The van der Waals surface area contributed by atoms with Gasteiger partial charge in [0.15, 0.2) is 11.6 Å². The van der Waals surface area contributed by atoms with Crippen LogP contribution in [0.1, 0.15) is 35.2 Å². The van der Waals surface area contributed by atoms with Gasteiger partial charge >= 0.3 is 11.9 Å². The van der Waals surface area contributed by atoms with Gasteiger partial charge in [-0.25, -0.2) is 8.78 Å². The Kier molecular flexibility index (Phi) is 10.3. The molecule has 0 aliphatic carbocycles. The monoisotopic (exact) mass is 593 g/mol. The van der Waals surface area contributed by atoms with Crippen LogP contribution < -0.4 is 9.47 Å². The van der Waals surface area contributed by atoms with Gasteiger partial charge in [0.05, 0.1) is 5.52 Å². The Bertz CT molecular complexity index is 1670. The van der Waals surface area contributed by atoms with Crippen LogP contribution in [0.2, 0.25) is 0 Å². The van der Waals surface area contributed by atoms with E-state index in [-0.39, 0.29) is 31.9 Å². The van der Waals surface area contributed by atoms with Gasteiger partial charge in [0.1, 0.15) is 31.3 Å². The Hall–Kier alpha value is -4.99. The van der Waals surface area contributed by atoms with Gasteiger partial charge < -0.3 is 24.3 Å². The topological polar surface area (TPSA) is 98.0 Å². The number of carboxylic acids is 2. The maximum absolute atomic E-state index is 15.1. The molecule has 3 aromatic carbocycles. The Morgan fingerprint density at radius 3 is 2.28 bits per heavy atom. The van der Waals surface area contributed by atoms with Crippen molar-refractivity contribution in [3.8, 4) is 11.5 Å². The zero-order chi connectivity index (χ0) is 30.9. The highest BCUT2D eigenvalue weighted by Gasteiger charge is 2.21. The molecule has 0 bridgehead atoms. The van der Waals surface area contributed by atoms with Crippen LogP contribution in [0.5, 0.6) is 11.5 Å². The fourth-order valence-electron chi connectivity index (χ4n) is 4.74. The second kappa shape index (κ2) is 14.3. The molecule has 7 nitrogen and oxygen atoms in total. The zero-order valence-electron chi connectivity index (χ0n) is 23.4. The highest BCUT2D eigenvalue weighted by Crippen LogP contribution is 2.33. The van der Waals surface area contributed by atoms with Crippen LogP contribution in [0.4, 0.5) is 13.2 Å². The van der Waals surface area contributed by atoms with E-state index in [1.165, 1.54) is 18.2 Å². The number of rotatable bonds is 14. The summed E-state index contributed by atoms with van der Waals surface area (Å²) in [7, 11) is 0. The molecule has 43 heavy (non-hydrogen) atoms. The molecular formula is C33H30F3NO6. The first kappa shape index (κ1) is 31.0. The van der Waals surface area contributed by atoms with Crippen LogP contribution in [-0.2, 0) is 22.6 Å². The number of aromatic nitrogens is 1. The third-order valence-corrected chi connectivity index (χ3v) is 6.78. The van der Waals surface area contributed by atoms with Gasteiger partial charge in [-0.3, -0.25) is 9.59 Å². The molecule has 10 heteroatoms. The van der Waals surface area contributed by atoms with Crippen molar-refractivity contribution < 1.29 is 42.4 Å². The van der Waals surface area contributed by atoms with Crippen LogP contribution in [0.3, 0.4) is 0 Å². The van der Waals surface area contributed by atoms with Gasteiger partial charge in [0, 0.05) is 17.5 Å². The Labute approximate surface area is 246 Å². The predicted octanol–water partition coefficient (Wildman–Crippen LogP) is 7.04. The van der Waals surface area contributed by atoms with E-state index in [2.05, 4.69) is 0 Å². The number of benzene rings is 3. The molecule has 2 N–H and O–H groups in total. The fourth-order valence-corrected chi connectivity index (χ4v) is 4.74. The average Bonchev–Trinajstić information content (AvgIpc) is 3.24. The highest BCUT2D eigenvalue weighted by atomic mass is 19.2. The fraction of sp³-hybridized carbons (Fsp3) is 0.212. The molecule has 0 saturated carbocycles. The van der Waals surface area contributed by atoms with Crippen LogP contribution >= 0.6 is 0 Å². The minimum atomic E-state index is -1.07. The SMILES string of the molecule is Cc1c(CCCC(=O)O)c2c(F)ccc(C=Cc3ccc(OCC=CCOc4cccc(F)c4F)cc3)c2n1CC(=O)O. The van der Waals surface area contributed by atoms with Gasteiger partial charge in [-0.15, -0.1) is 0 Å². The van der Waals surface area contributed by atoms with Crippen molar-refractivity contribution in [3.63, 3.8) is 0 Å². The predicted molar refractivity (Wildman–Crippen MR) is 157 cm³/mol. The lowest BCUT2D eigenvalue weighted by Gasteiger charge is -2.08. The molecule has 0 aliphatic heterocycles. The molecule has 0 fully saturated rings. The van der Waals surface area contributed by atoms with Gasteiger partial charge in [0.2, 0.25) is 5.82 Å². The van der Waals surface area contributed by atoms with Crippen molar-refractivity contribution in [1.82, 2.24) is 4.57 Å². The molecular weight excluding hydrogens is 563 g/mol. The molecule has 0 amide bonds. The molecule has 0 atom stereocenters. The lowest BCUT2D eigenvalue weighted by molar-refractivity contribution is -0.138. The van der Waals surface area contributed by atoms with Crippen molar-refractivity contribution in [2.75, 3.05) is 13.2 Å². The number of carbonyl (C=O) groups is 2. The third-order valence-electron chi connectivity index (χ3n) is 6.78. The first-order valence-corrected chi connectivity index (χ1v) is 13.5. The molecule has 0 spiro atoms. The van der Waals surface area contributed by atoms with Crippen molar-refractivity contribution in [3.05, 3.63) is 107 Å². The molecule has 1 heterocycles. The normalized spacial score (nSPS) is 11.5. The quantitative estimate of drug-likeness (QED) is 0.120. The first-order valence-electron chi connectivity index (χ1n) is 13.5. The van der Waals surface area contributed by atoms with Crippen molar-refractivity contribution in [2.45, 2.75) is 32.7 Å². The van der Waals surface area contributed by atoms with Crippen LogP contribution in [0.25, 0.3) is 23.1 Å². The van der Waals surface area contributed by atoms with Gasteiger partial charge in [-0.2, -0.15) is 4.39 Å². The van der Waals surface area contributed by atoms with E-state index in [9.17, 15) is 23.5 Å². The third kappa shape index (κ3) is 7.85. The number of aliphatic carboxylic acids is 2. The van der Waals surface area contributed by atoms with Crippen LogP contribution in [-0.4, -0.2) is 39.9 Å². The molecule has 1 aromatic heterocycles. The molecule has 0 unspecified atom stereocenters. The summed E-state index contributed by atoms with van der Waals surface area (Å²) in [6.07, 6.45) is 7.44. The Balaban J connectivity index is 1.44. The summed E-state index contributed by atoms with van der Waals surface area (Å²) in [4.78, 5) is 22.6. The largest absolute Gasteiger partial charge is 0.490 e. The number of halogens is 3. The summed E-state index contributed by atoms with van der Waals surface area (Å²) in [6.45, 7) is 1.63. The van der Waals surface area contributed by atoms with E-state index >= 15 is 4.39 Å². The second-order valence-corrected chi connectivity index (χ2v) is 9.70. The standard InChI is InChI=1S/C33H30F3NO6/c1-21-25(6-4-9-29(38)39)31-26(34)17-14-23(33(31)37(21)20-30(40)41)13-10-22-11-15-24(16-12-22)42-18-2-3-19-43-28-8-5-7-27(35)32(28)36/h2-3,5,7-8,10-17H,4,6,9,18-20H2,1H3,(H,38,39)(H,40,41). The number of hydrogen-bond donors (Lipinski definition) is 2. The second-order valence-electron chi connectivity index (χ2n) is 9.70. The Morgan fingerprint density at radius 1 is 0.860 bits per heavy atom. The number of carboxylic acid groups (broad SMARTS) is 2. The van der Waals surface area contributed by atoms with E-state index in [0.717, 1.165) is 11.6 Å². The van der Waals surface area contributed by atoms with E-state index in [4.69, 9.17) is 14.6 Å². The van der Waals surface area contributed by atoms with E-state index in [0.29, 0.717) is 46.3 Å². The smallest absolute Gasteiger partial charge is 0.323 e.